The number of hydrogen-bond donors (Lipinski definition) is 2. The van der Waals surface area contributed by atoms with Gasteiger partial charge in [-0.2, -0.15) is 5.52 Å². The molecule has 0 radical (unpaired) electrons. The van der Waals surface area contributed by atoms with E-state index in [1.807, 2.05) is 0 Å². The van der Waals surface area contributed by atoms with E-state index >= 15 is 0 Å². The van der Waals surface area contributed by atoms with Crippen LogP contribution in [0, 0.1) is 5.52 Å². The van der Waals surface area contributed by atoms with Crippen molar-refractivity contribution in [3.8, 4) is 11.4 Å². The molecule has 0 aliphatic carbocycles. The summed E-state index contributed by atoms with van der Waals surface area (Å²) in [5.74, 6) is 3.13. The number of aromatic nitrogens is 3. The van der Waals surface area contributed by atoms with Crippen molar-refractivity contribution in [2.45, 2.75) is 6.36 Å². The number of carbonyl (C=O) groups excluding carboxylic acids is 1. The number of nitrogens with two attached hydrogens (primary N) is 1. The number of carbonyl (C=O) groups is 1. The fourth-order valence-corrected chi connectivity index (χ4v) is 2.70. The minimum absolute atomic E-state index is 0.0864. The van der Waals surface area contributed by atoms with Gasteiger partial charge in [-0.3, -0.25) is 14.2 Å². The van der Waals surface area contributed by atoms with Crippen LogP contribution in [0.2, 0.25) is 1.41 Å². The summed E-state index contributed by atoms with van der Waals surface area (Å²) >= 11 is 0. The number of nitrogens with zero attached hydrogens (tertiary/aromatic N) is 10. The lowest BCUT2D eigenvalue weighted by Gasteiger charge is -2.09. The normalized spacial score (nSPS) is 13.5. The van der Waals surface area contributed by atoms with E-state index in [0.717, 1.165) is 16.7 Å². The molecule has 3 N–H and O–H groups in total. The molecule has 18 heteroatoms. The number of hydrogen-bond acceptors (Lipinski definition) is 7. The SMILES string of the molecule is O=C1c2cc(OC(F)(F)F)ccc2-n2c1nc1ncccc1c2=O.[2H]N=N/N=N/N=N/N=N/N. The number of fused-ring (bicyclic) bond motifs is 4. The third kappa shape index (κ3) is 5.00. The fourth-order valence-electron chi connectivity index (χ4n) is 2.70. The highest BCUT2D eigenvalue weighted by atomic mass is 19.4. The summed E-state index contributed by atoms with van der Waals surface area (Å²) in [6.45, 7) is 0. The van der Waals surface area contributed by atoms with Gasteiger partial charge in [-0.15, -0.1) is 13.2 Å². The number of benzene rings is 1. The lowest BCUT2D eigenvalue weighted by molar-refractivity contribution is -0.274. The number of nitrogens with one attached hydrogen (secondary N) is 1. The Morgan fingerprint density at radius 1 is 1.12 bits per heavy atom. The van der Waals surface area contributed by atoms with Gasteiger partial charge in [-0.05, 0) is 61.7 Å². The van der Waals surface area contributed by atoms with Crippen molar-refractivity contribution in [2.24, 2.45) is 42.4 Å². The molecule has 1 aliphatic heterocycles. The van der Waals surface area contributed by atoms with Crippen molar-refractivity contribution in [1.82, 2.24) is 14.5 Å². The van der Waals surface area contributed by atoms with Crippen LogP contribution in [0.1, 0.15) is 16.2 Å². The Bertz CT molecular complexity index is 1380. The smallest absolute Gasteiger partial charge is 0.406 e. The Labute approximate surface area is 180 Å². The van der Waals surface area contributed by atoms with E-state index in [1.54, 1.807) is 6.07 Å². The van der Waals surface area contributed by atoms with Crippen molar-refractivity contribution in [3.63, 3.8) is 0 Å². The van der Waals surface area contributed by atoms with Crippen LogP contribution in [0.25, 0.3) is 16.7 Å². The Balaban J connectivity index is 0.000000277. The van der Waals surface area contributed by atoms with Crippen LogP contribution >= 0.6 is 0 Å². The minimum atomic E-state index is -4.88. The van der Waals surface area contributed by atoms with Gasteiger partial charge in [0.25, 0.3) is 5.56 Å². The van der Waals surface area contributed by atoms with Crippen molar-refractivity contribution in [1.29, 1.82) is 5.52 Å². The van der Waals surface area contributed by atoms with E-state index in [4.69, 9.17) is 1.41 Å². The second-order valence-corrected chi connectivity index (χ2v) is 5.66. The van der Waals surface area contributed by atoms with Crippen molar-refractivity contribution in [2.75, 3.05) is 0 Å². The van der Waals surface area contributed by atoms with Crippen LogP contribution in [0.3, 0.4) is 0 Å². The molecule has 1 aromatic carbocycles. The van der Waals surface area contributed by atoms with Gasteiger partial charge >= 0.3 is 6.36 Å². The molecule has 0 bridgehead atoms. The Hall–Kier alpha value is -5.03. The van der Waals surface area contributed by atoms with Crippen LogP contribution in [-0.4, -0.2) is 26.7 Å². The highest BCUT2D eigenvalue weighted by Crippen LogP contribution is 2.31. The first-order valence-corrected chi connectivity index (χ1v) is 8.33. The Morgan fingerprint density at radius 2 is 1.88 bits per heavy atom. The molecule has 168 valence electrons. The average molecular weight is 463 g/mol. The quantitative estimate of drug-likeness (QED) is 0.263. The Morgan fingerprint density at radius 3 is 2.61 bits per heavy atom. The van der Waals surface area contributed by atoms with Gasteiger partial charge in [0.05, 0.1) is 16.6 Å². The summed E-state index contributed by atoms with van der Waals surface area (Å²) in [6, 6.07) is 6.26. The van der Waals surface area contributed by atoms with E-state index in [2.05, 4.69) is 62.6 Å². The number of ketones is 1. The number of halogens is 3. The van der Waals surface area contributed by atoms with Crippen LogP contribution < -0.4 is 16.1 Å². The molecule has 33 heavy (non-hydrogen) atoms. The molecule has 4 rings (SSSR count). The molecule has 2 aromatic heterocycles. The summed E-state index contributed by atoms with van der Waals surface area (Å²) in [5, 5.41) is 20.1. The first-order valence-electron chi connectivity index (χ1n) is 8.78. The number of ether oxygens (including phenoxy) is 1. The van der Waals surface area contributed by atoms with Crippen molar-refractivity contribution in [3.05, 3.63) is 58.3 Å². The molecule has 15 nitrogen and oxygen atoms in total. The maximum atomic E-state index is 12.6. The molecular formula is C15H9F3N12O3. The van der Waals surface area contributed by atoms with E-state index in [-0.39, 0.29) is 28.1 Å². The molecular weight excluding hydrogens is 453 g/mol. The van der Waals surface area contributed by atoms with E-state index in [1.165, 1.54) is 18.3 Å². The first kappa shape index (κ1) is 21.2. The van der Waals surface area contributed by atoms with Gasteiger partial charge in [0, 0.05) is 6.20 Å². The molecule has 0 saturated carbocycles. The van der Waals surface area contributed by atoms with Gasteiger partial charge in [-0.1, -0.05) is 5.22 Å². The predicted molar refractivity (Wildman–Crippen MR) is 99.2 cm³/mol. The Kier molecular flexibility index (Phi) is 6.05. The third-order valence-corrected chi connectivity index (χ3v) is 3.79. The minimum Gasteiger partial charge on any atom is -0.406 e. The molecule has 1 aliphatic rings. The summed E-state index contributed by atoms with van der Waals surface area (Å²) in [7, 11) is 0. The first-order chi connectivity index (χ1) is 16.3. The molecule has 3 heterocycles. The standard InChI is InChI=1S/C15H6F3N3O3.H3N9/c16-15(17,18)24-7-3-4-10-9(6-7)11(22)13-20-12-8(2-1-5-19-12)14(23)21(10)13;1-3-5-7-9-8-6-4-2/h1-6H;(H3,1,2,5,6,9)/i/hD. The topological polar surface area (TPSA) is 210 Å². The summed E-state index contributed by atoms with van der Waals surface area (Å²) in [5.41, 5.74) is 2.15. The molecule has 0 atom stereocenters. The lowest BCUT2D eigenvalue weighted by atomic mass is 10.1. The predicted octanol–water partition coefficient (Wildman–Crippen LogP) is 3.22. The van der Waals surface area contributed by atoms with Gasteiger partial charge in [0.1, 0.15) is 5.75 Å². The maximum Gasteiger partial charge on any atom is 0.573 e. The zero-order valence-electron chi connectivity index (χ0n) is 16.8. The molecule has 0 unspecified atom stereocenters. The van der Waals surface area contributed by atoms with Gasteiger partial charge < -0.3 is 10.6 Å². The molecule has 0 saturated heterocycles. The number of rotatable bonds is 4. The zero-order valence-corrected chi connectivity index (χ0v) is 15.8. The number of pyridine rings is 1. The van der Waals surface area contributed by atoms with Gasteiger partial charge in [-0.25, -0.2) is 9.97 Å². The zero-order chi connectivity index (χ0) is 24.7. The second kappa shape index (κ2) is 9.41. The summed E-state index contributed by atoms with van der Waals surface area (Å²) in [6.07, 6.45) is -3.45. The molecule has 0 spiro atoms. The number of alkyl halides is 3. The fraction of sp³-hybridized carbons (Fsp3) is 0.0667. The maximum absolute atomic E-state index is 12.6. The highest BCUT2D eigenvalue weighted by molar-refractivity contribution is 6.13. The van der Waals surface area contributed by atoms with Crippen molar-refractivity contribution < 1.29 is 24.1 Å². The largest absolute Gasteiger partial charge is 0.573 e. The van der Waals surface area contributed by atoms with E-state index < -0.39 is 23.5 Å². The van der Waals surface area contributed by atoms with Crippen molar-refractivity contribution >= 4 is 16.8 Å². The van der Waals surface area contributed by atoms with Crippen LogP contribution in [-0.2, 0) is 0 Å². The van der Waals surface area contributed by atoms with E-state index in [9.17, 15) is 22.8 Å². The third-order valence-electron chi connectivity index (χ3n) is 3.79. The summed E-state index contributed by atoms with van der Waals surface area (Å²) < 4.78 is 47.9. The van der Waals surface area contributed by atoms with Crippen LogP contribution in [0.15, 0.2) is 77.9 Å². The molecule has 3 aromatic rings. The van der Waals surface area contributed by atoms with Crippen LogP contribution in [0.4, 0.5) is 13.2 Å². The van der Waals surface area contributed by atoms with Gasteiger partial charge in [0.2, 0.25) is 7.20 Å². The average Bonchev–Trinajstić information content (AvgIpc) is 3.07. The highest BCUT2D eigenvalue weighted by Gasteiger charge is 2.34. The van der Waals surface area contributed by atoms with Gasteiger partial charge in [0.15, 0.2) is 11.5 Å². The summed E-state index contributed by atoms with van der Waals surface area (Å²) in [4.78, 5) is 33.0. The molecule has 0 amide bonds. The lowest BCUT2D eigenvalue weighted by Crippen LogP contribution is -2.21. The van der Waals surface area contributed by atoms with Crippen LogP contribution in [0.5, 0.6) is 5.75 Å². The van der Waals surface area contributed by atoms with E-state index in [0.29, 0.717) is 0 Å². The monoisotopic (exact) mass is 463 g/mol. The molecule has 0 fully saturated rings. The second-order valence-electron chi connectivity index (χ2n) is 5.66.